The minimum Gasteiger partial charge on any atom is -0.298 e. The lowest BCUT2D eigenvalue weighted by atomic mass is 10.0. The molecule has 0 spiro atoms. The highest BCUT2D eigenvalue weighted by Crippen LogP contribution is 2.25. The van der Waals surface area contributed by atoms with Gasteiger partial charge in [-0.2, -0.15) is 0 Å². The van der Waals surface area contributed by atoms with Crippen LogP contribution in [0.4, 0.5) is 22.0 Å². The molecule has 0 aliphatic carbocycles. The average molecular weight is 345 g/mol. The number of carbonyl (C=O) groups excluding carboxylic acids is 1. The van der Waals surface area contributed by atoms with E-state index in [9.17, 15) is 26.7 Å². The summed E-state index contributed by atoms with van der Waals surface area (Å²) in [4.78, 5) is 10.5. The lowest BCUT2D eigenvalue weighted by Crippen LogP contribution is -2.19. The van der Waals surface area contributed by atoms with Crippen LogP contribution in [-0.4, -0.2) is 10.6 Å². The van der Waals surface area contributed by atoms with Crippen LogP contribution in [0.5, 0.6) is 0 Å². The van der Waals surface area contributed by atoms with Gasteiger partial charge >= 0.3 is 0 Å². The highest BCUT2D eigenvalue weighted by molar-refractivity contribution is 9.10. The second kappa shape index (κ2) is 6.45. The molecule has 7 heteroatoms. The summed E-state index contributed by atoms with van der Waals surface area (Å²) in [5, 5.41) is 0. The summed E-state index contributed by atoms with van der Waals surface area (Å²) in [6, 6.07) is 0. The number of Topliss-reactive ketones (excluding diaryl/α,β-unsaturated/α-hetero) is 1. The van der Waals surface area contributed by atoms with Crippen LogP contribution in [0.25, 0.3) is 0 Å². The topological polar surface area (TPSA) is 17.1 Å². The number of carbonyl (C=O) groups is 1. The summed E-state index contributed by atoms with van der Waals surface area (Å²) in [6.07, 6.45) is 0.0912. The van der Waals surface area contributed by atoms with Crippen molar-refractivity contribution in [1.82, 2.24) is 0 Å². The van der Waals surface area contributed by atoms with Gasteiger partial charge < -0.3 is 0 Å². The van der Waals surface area contributed by atoms with E-state index in [1.807, 2.05) is 0 Å². The first-order chi connectivity index (χ1) is 8.81. The van der Waals surface area contributed by atoms with E-state index in [4.69, 9.17) is 0 Å². The van der Waals surface area contributed by atoms with Crippen LogP contribution in [0.15, 0.2) is 0 Å². The van der Waals surface area contributed by atoms with Crippen molar-refractivity contribution in [3.05, 3.63) is 34.6 Å². The van der Waals surface area contributed by atoms with Crippen molar-refractivity contribution in [3.63, 3.8) is 0 Å². The fourth-order valence-electron chi connectivity index (χ4n) is 1.53. The Balaban J connectivity index is 3.12. The van der Waals surface area contributed by atoms with Crippen molar-refractivity contribution in [2.45, 2.75) is 31.0 Å². The maximum Gasteiger partial charge on any atom is 0.200 e. The number of hydrogen-bond acceptors (Lipinski definition) is 1. The first-order valence-corrected chi connectivity index (χ1v) is 6.39. The minimum absolute atomic E-state index is 0.158. The van der Waals surface area contributed by atoms with Gasteiger partial charge in [0.05, 0.1) is 4.83 Å². The van der Waals surface area contributed by atoms with Crippen molar-refractivity contribution < 1.29 is 26.7 Å². The molecule has 19 heavy (non-hydrogen) atoms. The van der Waals surface area contributed by atoms with Crippen LogP contribution >= 0.6 is 15.9 Å². The molecule has 0 saturated carbocycles. The second-order valence-electron chi connectivity index (χ2n) is 3.94. The maximum absolute atomic E-state index is 13.4. The Morgan fingerprint density at radius 3 is 1.84 bits per heavy atom. The molecule has 0 radical (unpaired) electrons. The lowest BCUT2D eigenvalue weighted by Gasteiger charge is -2.11. The van der Waals surface area contributed by atoms with E-state index in [-0.39, 0.29) is 12.2 Å². The third-order valence-electron chi connectivity index (χ3n) is 2.53. The van der Waals surface area contributed by atoms with Gasteiger partial charge in [0.1, 0.15) is 5.78 Å². The molecular weight excluding hydrogens is 335 g/mol. The van der Waals surface area contributed by atoms with Crippen LogP contribution in [0.1, 0.15) is 25.3 Å². The maximum atomic E-state index is 13.4. The molecule has 106 valence electrons. The molecule has 0 aromatic heterocycles. The quantitative estimate of drug-likeness (QED) is 0.341. The Labute approximate surface area is 114 Å². The Morgan fingerprint density at radius 2 is 1.42 bits per heavy atom. The van der Waals surface area contributed by atoms with Gasteiger partial charge in [0.2, 0.25) is 5.82 Å². The van der Waals surface area contributed by atoms with Gasteiger partial charge in [0, 0.05) is 12.0 Å². The predicted octanol–water partition coefficient (Wildman–Crippen LogP) is 4.06. The standard InChI is InChI=1S/C12H10BrF5O/c1-2-3-7(19)6(13)4-5-8(14)10(16)12(18)11(17)9(5)15/h6H,2-4H2,1H3. The number of benzene rings is 1. The van der Waals surface area contributed by atoms with Gasteiger partial charge in [-0.1, -0.05) is 22.9 Å². The summed E-state index contributed by atoms with van der Waals surface area (Å²) >= 11 is 2.90. The molecule has 1 unspecified atom stereocenters. The number of rotatable bonds is 5. The predicted molar refractivity (Wildman–Crippen MR) is 62.6 cm³/mol. The fourth-order valence-corrected chi connectivity index (χ4v) is 2.08. The zero-order chi connectivity index (χ0) is 14.7. The average Bonchev–Trinajstić information content (AvgIpc) is 2.39. The van der Waals surface area contributed by atoms with E-state index in [0.29, 0.717) is 6.42 Å². The number of alkyl halides is 1. The van der Waals surface area contributed by atoms with E-state index in [1.54, 1.807) is 6.92 Å². The van der Waals surface area contributed by atoms with E-state index in [2.05, 4.69) is 15.9 Å². The summed E-state index contributed by atoms with van der Waals surface area (Å²) < 4.78 is 65.4. The molecule has 0 heterocycles. The van der Waals surface area contributed by atoms with Gasteiger partial charge in [0.25, 0.3) is 0 Å². The molecule has 1 aromatic rings. The number of hydrogen-bond donors (Lipinski definition) is 0. The first-order valence-electron chi connectivity index (χ1n) is 5.48. The Kier molecular flexibility index (Phi) is 5.46. The summed E-state index contributed by atoms with van der Waals surface area (Å²) in [6.45, 7) is 1.73. The minimum atomic E-state index is -2.20. The van der Waals surface area contributed by atoms with Crippen molar-refractivity contribution >= 4 is 21.7 Å². The molecular formula is C12H10BrF5O. The van der Waals surface area contributed by atoms with Gasteiger partial charge in [-0.3, -0.25) is 4.79 Å². The molecule has 1 rings (SSSR count). The van der Waals surface area contributed by atoms with E-state index in [1.165, 1.54) is 0 Å². The largest absolute Gasteiger partial charge is 0.298 e. The number of halogens is 6. The highest BCUT2D eigenvalue weighted by atomic mass is 79.9. The molecule has 0 N–H and O–H groups in total. The van der Waals surface area contributed by atoms with E-state index in [0.717, 1.165) is 0 Å². The third kappa shape index (κ3) is 3.32. The van der Waals surface area contributed by atoms with Crippen LogP contribution < -0.4 is 0 Å². The molecule has 0 bridgehead atoms. The van der Waals surface area contributed by atoms with Crippen molar-refractivity contribution in [1.29, 1.82) is 0 Å². The van der Waals surface area contributed by atoms with Crippen LogP contribution in [0.2, 0.25) is 0 Å². The summed E-state index contributed by atoms with van der Waals surface area (Å²) in [5.41, 5.74) is -0.984. The van der Waals surface area contributed by atoms with Crippen molar-refractivity contribution in [3.8, 4) is 0 Å². The molecule has 0 aliphatic rings. The molecule has 1 aromatic carbocycles. The van der Waals surface area contributed by atoms with Crippen molar-refractivity contribution in [2.24, 2.45) is 0 Å². The zero-order valence-electron chi connectivity index (χ0n) is 9.87. The normalized spacial score (nSPS) is 12.6. The molecule has 0 fully saturated rings. The molecule has 0 amide bonds. The second-order valence-corrected chi connectivity index (χ2v) is 5.04. The first kappa shape index (κ1) is 16.1. The summed E-state index contributed by atoms with van der Waals surface area (Å²) in [7, 11) is 0. The fraction of sp³-hybridized carbons (Fsp3) is 0.417. The molecule has 0 aliphatic heterocycles. The van der Waals surface area contributed by atoms with Crippen LogP contribution in [0.3, 0.4) is 0 Å². The Bertz CT molecular complexity index is 474. The Hall–Kier alpha value is -0.980. The van der Waals surface area contributed by atoms with Gasteiger partial charge in [-0.05, 0) is 12.8 Å². The highest BCUT2D eigenvalue weighted by Gasteiger charge is 2.28. The molecule has 1 nitrogen and oxygen atoms in total. The SMILES string of the molecule is CCCC(=O)C(Br)Cc1c(F)c(F)c(F)c(F)c1F. The van der Waals surface area contributed by atoms with E-state index >= 15 is 0 Å². The Morgan fingerprint density at radius 1 is 1.00 bits per heavy atom. The lowest BCUT2D eigenvalue weighted by molar-refractivity contribution is -0.118. The smallest absolute Gasteiger partial charge is 0.200 e. The van der Waals surface area contributed by atoms with Crippen molar-refractivity contribution in [2.75, 3.05) is 0 Å². The monoisotopic (exact) mass is 344 g/mol. The molecule has 1 atom stereocenters. The van der Waals surface area contributed by atoms with Gasteiger partial charge in [-0.25, -0.2) is 22.0 Å². The van der Waals surface area contributed by atoms with Gasteiger partial charge in [0.15, 0.2) is 23.3 Å². The zero-order valence-corrected chi connectivity index (χ0v) is 11.5. The van der Waals surface area contributed by atoms with Crippen LogP contribution in [0, 0.1) is 29.1 Å². The third-order valence-corrected chi connectivity index (χ3v) is 3.36. The van der Waals surface area contributed by atoms with E-state index < -0.39 is 45.9 Å². The number of ketones is 1. The summed E-state index contributed by atoms with van der Waals surface area (Å²) in [5.74, 6) is -10.4. The molecule has 0 saturated heterocycles. The van der Waals surface area contributed by atoms with Crippen LogP contribution in [-0.2, 0) is 11.2 Å². The van der Waals surface area contributed by atoms with Gasteiger partial charge in [-0.15, -0.1) is 0 Å².